The highest BCUT2D eigenvalue weighted by Crippen LogP contribution is 2.41. The van der Waals surface area contributed by atoms with Crippen molar-refractivity contribution in [1.29, 1.82) is 0 Å². The predicted molar refractivity (Wildman–Crippen MR) is 68.2 cm³/mol. The number of nitrogens with zero attached hydrogens (tertiary/aromatic N) is 1. The highest BCUT2D eigenvalue weighted by atomic mass is 16.3. The molecule has 2 heteroatoms. The Kier molecular flexibility index (Phi) is 3.81. The van der Waals surface area contributed by atoms with Crippen LogP contribution in [0.15, 0.2) is 24.5 Å². The van der Waals surface area contributed by atoms with E-state index in [4.69, 9.17) is 6.42 Å². The van der Waals surface area contributed by atoms with Crippen LogP contribution in [0, 0.1) is 18.3 Å². The van der Waals surface area contributed by atoms with Gasteiger partial charge < -0.3 is 5.11 Å². The molecule has 0 saturated heterocycles. The molecule has 1 aromatic heterocycles. The van der Waals surface area contributed by atoms with Crippen LogP contribution in [-0.2, 0) is 5.60 Å². The molecule has 2 rings (SSSR count). The smallest absolute Gasteiger partial charge is 0.105 e. The van der Waals surface area contributed by atoms with Gasteiger partial charge in [0.25, 0.3) is 0 Å². The molecule has 0 aromatic carbocycles. The summed E-state index contributed by atoms with van der Waals surface area (Å²) in [6.07, 6.45) is 15.1. The number of rotatable bonds is 3. The SMILES string of the molecule is C#CCC(O)(c1cccnc1)C1CCCCC1. The summed E-state index contributed by atoms with van der Waals surface area (Å²) in [5.41, 5.74) is -0.0199. The highest BCUT2D eigenvalue weighted by molar-refractivity contribution is 5.22. The van der Waals surface area contributed by atoms with Gasteiger partial charge in [0, 0.05) is 24.4 Å². The maximum atomic E-state index is 10.9. The maximum Gasteiger partial charge on any atom is 0.105 e. The molecule has 1 N–H and O–H groups in total. The molecule has 1 aliphatic rings. The number of hydrogen-bond donors (Lipinski definition) is 1. The van der Waals surface area contributed by atoms with E-state index in [-0.39, 0.29) is 5.92 Å². The quantitative estimate of drug-likeness (QED) is 0.808. The van der Waals surface area contributed by atoms with Crippen LogP contribution in [-0.4, -0.2) is 10.1 Å². The standard InChI is InChI=1S/C15H19NO/c1-2-10-15(17,13-7-4-3-5-8-13)14-9-6-11-16-12-14/h1,6,9,11-13,17H,3-5,7-8,10H2. The van der Waals surface area contributed by atoms with E-state index in [9.17, 15) is 5.11 Å². The molecule has 1 unspecified atom stereocenters. The largest absolute Gasteiger partial charge is 0.384 e. The summed E-state index contributed by atoms with van der Waals surface area (Å²) in [6.45, 7) is 0. The third-order valence-corrected chi connectivity index (χ3v) is 3.81. The molecule has 1 atom stereocenters. The zero-order valence-electron chi connectivity index (χ0n) is 10.1. The Morgan fingerprint density at radius 1 is 1.41 bits per heavy atom. The third kappa shape index (κ3) is 2.50. The van der Waals surface area contributed by atoms with Crippen molar-refractivity contribution in [2.75, 3.05) is 0 Å². The van der Waals surface area contributed by atoms with Crippen molar-refractivity contribution in [3.63, 3.8) is 0 Å². The third-order valence-electron chi connectivity index (χ3n) is 3.81. The van der Waals surface area contributed by atoms with Crippen molar-refractivity contribution in [3.8, 4) is 12.3 Å². The first-order valence-electron chi connectivity index (χ1n) is 6.33. The zero-order valence-corrected chi connectivity index (χ0v) is 10.1. The number of terminal acetylenes is 1. The van der Waals surface area contributed by atoms with Crippen molar-refractivity contribution in [3.05, 3.63) is 30.1 Å². The number of pyridine rings is 1. The van der Waals surface area contributed by atoms with Crippen LogP contribution in [0.5, 0.6) is 0 Å². The van der Waals surface area contributed by atoms with Crippen molar-refractivity contribution in [2.24, 2.45) is 5.92 Å². The van der Waals surface area contributed by atoms with Crippen LogP contribution in [0.2, 0.25) is 0 Å². The van der Waals surface area contributed by atoms with Crippen molar-refractivity contribution >= 4 is 0 Å². The van der Waals surface area contributed by atoms with E-state index in [1.807, 2.05) is 12.1 Å². The number of hydrogen-bond acceptors (Lipinski definition) is 2. The molecule has 1 saturated carbocycles. The Hall–Kier alpha value is -1.33. The summed E-state index contributed by atoms with van der Waals surface area (Å²) in [4.78, 5) is 4.10. The van der Waals surface area contributed by atoms with Crippen LogP contribution in [0.4, 0.5) is 0 Å². The van der Waals surface area contributed by atoms with E-state index in [2.05, 4.69) is 10.9 Å². The van der Waals surface area contributed by atoms with Crippen LogP contribution < -0.4 is 0 Å². The van der Waals surface area contributed by atoms with Crippen molar-refractivity contribution in [1.82, 2.24) is 4.98 Å². The van der Waals surface area contributed by atoms with Gasteiger partial charge in [-0.05, 0) is 24.8 Å². The predicted octanol–water partition coefficient (Wildman–Crippen LogP) is 2.87. The fourth-order valence-corrected chi connectivity index (χ4v) is 2.84. The molecule has 0 radical (unpaired) electrons. The van der Waals surface area contributed by atoms with E-state index in [1.165, 1.54) is 19.3 Å². The minimum absolute atomic E-state index is 0.275. The molecule has 1 aliphatic carbocycles. The van der Waals surface area contributed by atoms with Crippen LogP contribution in [0.1, 0.15) is 44.1 Å². The Morgan fingerprint density at radius 3 is 2.76 bits per heavy atom. The van der Waals surface area contributed by atoms with Gasteiger partial charge in [0.1, 0.15) is 5.60 Å². The van der Waals surface area contributed by atoms with E-state index >= 15 is 0 Å². The Balaban J connectivity index is 2.28. The summed E-state index contributed by atoms with van der Waals surface area (Å²) in [5, 5.41) is 10.9. The van der Waals surface area contributed by atoms with Crippen molar-refractivity contribution in [2.45, 2.75) is 44.1 Å². The lowest BCUT2D eigenvalue weighted by Crippen LogP contribution is -2.36. The number of aliphatic hydroxyl groups is 1. The highest BCUT2D eigenvalue weighted by Gasteiger charge is 2.38. The number of aromatic nitrogens is 1. The second-order valence-corrected chi connectivity index (χ2v) is 4.88. The normalized spacial score (nSPS) is 20.5. The van der Waals surface area contributed by atoms with E-state index in [0.29, 0.717) is 6.42 Å². The Bertz CT molecular complexity index is 389. The second-order valence-electron chi connectivity index (χ2n) is 4.88. The fourth-order valence-electron chi connectivity index (χ4n) is 2.84. The summed E-state index contributed by atoms with van der Waals surface area (Å²) in [5.74, 6) is 2.90. The maximum absolute atomic E-state index is 10.9. The lowest BCUT2D eigenvalue weighted by Gasteiger charge is -2.37. The topological polar surface area (TPSA) is 33.1 Å². The van der Waals surface area contributed by atoms with Gasteiger partial charge in [-0.1, -0.05) is 25.3 Å². The molecule has 1 fully saturated rings. The van der Waals surface area contributed by atoms with Gasteiger partial charge in [-0.3, -0.25) is 4.98 Å². The van der Waals surface area contributed by atoms with Gasteiger partial charge in [-0.2, -0.15) is 0 Å². The summed E-state index contributed by atoms with van der Waals surface area (Å²) in [6, 6.07) is 3.79. The molecule has 0 aliphatic heterocycles. The lowest BCUT2D eigenvalue weighted by atomic mass is 9.72. The van der Waals surface area contributed by atoms with E-state index in [1.54, 1.807) is 12.4 Å². The molecule has 1 aromatic rings. The van der Waals surface area contributed by atoms with Gasteiger partial charge in [0.05, 0.1) is 0 Å². The average Bonchev–Trinajstić information content (AvgIpc) is 2.41. The minimum atomic E-state index is -0.885. The van der Waals surface area contributed by atoms with Crippen LogP contribution >= 0.6 is 0 Å². The Labute approximate surface area is 103 Å². The summed E-state index contributed by atoms with van der Waals surface area (Å²) >= 11 is 0. The lowest BCUT2D eigenvalue weighted by molar-refractivity contribution is -0.0346. The first-order chi connectivity index (χ1) is 8.27. The van der Waals surface area contributed by atoms with E-state index in [0.717, 1.165) is 18.4 Å². The van der Waals surface area contributed by atoms with Gasteiger partial charge in [-0.15, -0.1) is 12.3 Å². The monoisotopic (exact) mass is 229 g/mol. The molecule has 17 heavy (non-hydrogen) atoms. The molecular weight excluding hydrogens is 210 g/mol. The molecule has 2 nitrogen and oxygen atoms in total. The molecule has 1 heterocycles. The average molecular weight is 229 g/mol. The Morgan fingerprint density at radius 2 is 2.18 bits per heavy atom. The second kappa shape index (κ2) is 5.33. The van der Waals surface area contributed by atoms with Gasteiger partial charge in [0.15, 0.2) is 0 Å². The zero-order chi connectivity index (χ0) is 12.1. The van der Waals surface area contributed by atoms with Crippen LogP contribution in [0.3, 0.4) is 0 Å². The van der Waals surface area contributed by atoms with Gasteiger partial charge in [0.2, 0.25) is 0 Å². The van der Waals surface area contributed by atoms with Gasteiger partial charge >= 0.3 is 0 Å². The first-order valence-corrected chi connectivity index (χ1v) is 6.33. The fraction of sp³-hybridized carbons (Fsp3) is 0.533. The minimum Gasteiger partial charge on any atom is -0.384 e. The van der Waals surface area contributed by atoms with Crippen LogP contribution in [0.25, 0.3) is 0 Å². The molecule has 0 spiro atoms. The summed E-state index contributed by atoms with van der Waals surface area (Å²) < 4.78 is 0. The molecular formula is C15H19NO. The molecule has 90 valence electrons. The van der Waals surface area contributed by atoms with Crippen molar-refractivity contribution < 1.29 is 5.11 Å². The van der Waals surface area contributed by atoms with Gasteiger partial charge in [-0.25, -0.2) is 0 Å². The summed E-state index contributed by atoms with van der Waals surface area (Å²) in [7, 11) is 0. The molecule has 0 amide bonds. The van der Waals surface area contributed by atoms with E-state index < -0.39 is 5.60 Å². The first kappa shape index (κ1) is 12.1. The molecule has 0 bridgehead atoms.